The fourth-order valence-electron chi connectivity index (χ4n) is 3.18. The minimum atomic E-state index is -0.203. The lowest BCUT2D eigenvalue weighted by Crippen LogP contribution is -2.22. The van der Waals surface area contributed by atoms with Gasteiger partial charge in [0.05, 0.1) is 0 Å². The molecule has 1 aromatic heterocycles. The van der Waals surface area contributed by atoms with E-state index < -0.39 is 0 Å². The van der Waals surface area contributed by atoms with Crippen molar-refractivity contribution in [3.05, 3.63) is 53.6 Å². The summed E-state index contributed by atoms with van der Waals surface area (Å²) in [6.07, 6.45) is 4.96. The second-order valence-electron chi connectivity index (χ2n) is 5.36. The normalized spacial score (nSPS) is 20.9. The van der Waals surface area contributed by atoms with Crippen molar-refractivity contribution in [3.8, 4) is 17.5 Å². The lowest BCUT2D eigenvalue weighted by atomic mass is 10.0. The summed E-state index contributed by atoms with van der Waals surface area (Å²) in [6, 6.07) is 8.93. The summed E-state index contributed by atoms with van der Waals surface area (Å²) in [6.45, 7) is 0. The number of benzene rings is 1. The van der Waals surface area contributed by atoms with Gasteiger partial charge in [-0.1, -0.05) is 30.4 Å². The molecule has 0 saturated heterocycles. The quantitative estimate of drug-likeness (QED) is 0.659. The minimum Gasteiger partial charge on any atom is -0.492 e. The largest absolute Gasteiger partial charge is 0.492 e. The summed E-state index contributed by atoms with van der Waals surface area (Å²) < 4.78 is 6.28. The Balaban J connectivity index is 1.59. The molecular formula is C16H13NO4S. The van der Waals surface area contributed by atoms with E-state index in [9.17, 15) is 10.2 Å². The third-order valence-electron chi connectivity index (χ3n) is 4.09. The van der Waals surface area contributed by atoms with Crippen LogP contribution >= 0.6 is 12.2 Å². The lowest BCUT2D eigenvalue weighted by molar-refractivity contribution is 0.160. The molecule has 1 aromatic carbocycles. The maximum atomic E-state index is 10.3. The van der Waals surface area contributed by atoms with E-state index in [1.54, 1.807) is 24.3 Å². The van der Waals surface area contributed by atoms with Crippen molar-refractivity contribution in [2.24, 2.45) is 0 Å². The molecule has 112 valence electrons. The molecule has 0 spiro atoms. The standard InChI is InChI=1S/C16H13NO4S/c18-14-12-9-6-7-10(8-9)13(12)15(19)17(14)21-16(22)20-11-4-2-1-3-5-11/h1-7,9-10,18-19H,8H2. The van der Waals surface area contributed by atoms with Crippen LogP contribution in [0.25, 0.3) is 0 Å². The van der Waals surface area contributed by atoms with Crippen molar-refractivity contribution < 1.29 is 19.8 Å². The number of ether oxygens (including phenoxy) is 1. The topological polar surface area (TPSA) is 63.9 Å². The molecule has 2 aliphatic carbocycles. The fraction of sp³-hybridized carbons (Fsp3) is 0.188. The Morgan fingerprint density at radius 1 is 1.05 bits per heavy atom. The number of thiocarbonyl (C=S) groups is 1. The van der Waals surface area contributed by atoms with Gasteiger partial charge in [0.25, 0.3) is 0 Å². The van der Waals surface area contributed by atoms with Crippen molar-refractivity contribution in [3.63, 3.8) is 0 Å². The molecule has 0 amide bonds. The molecule has 2 aromatic rings. The third-order valence-corrected chi connectivity index (χ3v) is 4.25. The molecule has 6 heteroatoms. The first-order valence-electron chi connectivity index (χ1n) is 6.95. The lowest BCUT2D eigenvalue weighted by Gasteiger charge is -2.11. The van der Waals surface area contributed by atoms with Crippen LogP contribution in [0.1, 0.15) is 29.4 Å². The number of nitrogens with zero attached hydrogens (tertiary/aromatic N) is 1. The Labute approximate surface area is 132 Å². The Bertz CT molecular complexity index is 746. The summed E-state index contributed by atoms with van der Waals surface area (Å²) in [5, 5.41) is 20.4. The van der Waals surface area contributed by atoms with Crippen LogP contribution in [0.5, 0.6) is 17.5 Å². The van der Waals surface area contributed by atoms with Crippen LogP contribution in [0.4, 0.5) is 0 Å². The number of hydrogen-bond acceptors (Lipinski definition) is 5. The van der Waals surface area contributed by atoms with E-state index in [0.29, 0.717) is 16.9 Å². The average Bonchev–Trinajstić information content (AvgIpc) is 3.18. The number of aromatic nitrogens is 1. The Morgan fingerprint density at radius 3 is 2.23 bits per heavy atom. The first-order valence-corrected chi connectivity index (χ1v) is 7.36. The molecule has 2 bridgehead atoms. The summed E-state index contributed by atoms with van der Waals surface area (Å²) in [5.41, 5.74) is 1.43. The zero-order valence-electron chi connectivity index (χ0n) is 11.5. The molecule has 0 aliphatic heterocycles. The van der Waals surface area contributed by atoms with E-state index in [0.717, 1.165) is 11.2 Å². The van der Waals surface area contributed by atoms with E-state index in [4.69, 9.17) is 21.8 Å². The molecule has 1 heterocycles. The van der Waals surface area contributed by atoms with Crippen LogP contribution in [0.3, 0.4) is 0 Å². The monoisotopic (exact) mass is 315 g/mol. The van der Waals surface area contributed by atoms with Gasteiger partial charge in [0.15, 0.2) is 0 Å². The Kier molecular flexibility index (Phi) is 2.87. The van der Waals surface area contributed by atoms with Crippen LogP contribution in [0, 0.1) is 0 Å². The summed E-state index contributed by atoms with van der Waals surface area (Å²) in [7, 11) is 0. The van der Waals surface area contributed by atoms with Gasteiger partial charge in [-0.3, -0.25) is 0 Å². The number of aromatic hydroxyl groups is 2. The van der Waals surface area contributed by atoms with Gasteiger partial charge in [0, 0.05) is 35.2 Å². The highest BCUT2D eigenvalue weighted by molar-refractivity contribution is 7.79. The van der Waals surface area contributed by atoms with Gasteiger partial charge in [-0.2, -0.15) is 0 Å². The van der Waals surface area contributed by atoms with Gasteiger partial charge in [-0.25, -0.2) is 0 Å². The molecule has 2 aliphatic rings. The third kappa shape index (κ3) is 1.88. The highest BCUT2D eigenvalue weighted by Crippen LogP contribution is 2.56. The van der Waals surface area contributed by atoms with Crippen LogP contribution in [0.15, 0.2) is 42.5 Å². The summed E-state index contributed by atoms with van der Waals surface area (Å²) in [4.78, 5) is 5.30. The van der Waals surface area contributed by atoms with Crippen molar-refractivity contribution >= 4 is 17.5 Å². The second-order valence-corrected chi connectivity index (χ2v) is 5.69. The molecule has 2 unspecified atom stereocenters. The molecule has 5 nitrogen and oxygen atoms in total. The SMILES string of the molecule is Oc1c2c(c(O)n1OC(=S)Oc1ccccc1)C1C=CC2C1. The van der Waals surface area contributed by atoms with Gasteiger partial charge in [0.2, 0.25) is 11.8 Å². The Hall–Kier alpha value is -2.47. The van der Waals surface area contributed by atoms with Crippen LogP contribution < -0.4 is 9.57 Å². The van der Waals surface area contributed by atoms with Crippen molar-refractivity contribution in [2.45, 2.75) is 18.3 Å². The van der Waals surface area contributed by atoms with Gasteiger partial charge in [-0.15, -0.1) is 4.73 Å². The summed E-state index contributed by atoms with van der Waals surface area (Å²) >= 11 is 5.02. The zero-order valence-corrected chi connectivity index (χ0v) is 12.3. The number of allylic oxidation sites excluding steroid dienone is 2. The molecule has 4 rings (SSSR count). The predicted octanol–water partition coefficient (Wildman–Crippen LogP) is 2.83. The van der Waals surface area contributed by atoms with Gasteiger partial charge < -0.3 is 19.8 Å². The van der Waals surface area contributed by atoms with Crippen molar-refractivity contribution in [1.29, 1.82) is 0 Å². The van der Waals surface area contributed by atoms with Gasteiger partial charge in [-0.05, 0) is 18.6 Å². The van der Waals surface area contributed by atoms with Crippen molar-refractivity contribution in [1.82, 2.24) is 4.73 Å². The average molecular weight is 315 g/mol. The smallest absolute Gasteiger partial charge is 0.383 e. The number of hydrogen-bond donors (Lipinski definition) is 2. The van der Waals surface area contributed by atoms with E-state index in [-0.39, 0.29) is 28.8 Å². The maximum Gasteiger partial charge on any atom is 0.383 e. The highest BCUT2D eigenvalue weighted by Gasteiger charge is 2.42. The first-order chi connectivity index (χ1) is 10.6. The molecule has 0 radical (unpaired) electrons. The fourth-order valence-corrected chi connectivity index (χ4v) is 3.35. The first kappa shape index (κ1) is 13.2. The number of fused-ring (bicyclic) bond motifs is 5. The van der Waals surface area contributed by atoms with Crippen LogP contribution in [0.2, 0.25) is 0 Å². The molecule has 0 fully saturated rings. The molecule has 2 atom stereocenters. The van der Waals surface area contributed by atoms with E-state index in [2.05, 4.69) is 0 Å². The second kappa shape index (κ2) is 4.78. The summed E-state index contributed by atoms with van der Waals surface area (Å²) in [5.74, 6) is 0.526. The molecule has 22 heavy (non-hydrogen) atoms. The minimum absolute atomic E-state index is 0.122. The maximum absolute atomic E-state index is 10.3. The zero-order chi connectivity index (χ0) is 15.3. The molecule has 0 saturated carbocycles. The molecular weight excluding hydrogens is 302 g/mol. The highest BCUT2D eigenvalue weighted by atomic mass is 32.1. The van der Waals surface area contributed by atoms with Crippen LogP contribution in [-0.4, -0.2) is 20.2 Å². The predicted molar refractivity (Wildman–Crippen MR) is 83.2 cm³/mol. The number of rotatable bonds is 2. The Morgan fingerprint density at radius 2 is 1.64 bits per heavy atom. The van der Waals surface area contributed by atoms with E-state index in [1.165, 1.54) is 0 Å². The van der Waals surface area contributed by atoms with E-state index >= 15 is 0 Å². The van der Waals surface area contributed by atoms with Crippen molar-refractivity contribution in [2.75, 3.05) is 0 Å². The number of para-hydroxylation sites is 1. The van der Waals surface area contributed by atoms with Crippen LogP contribution in [-0.2, 0) is 0 Å². The van der Waals surface area contributed by atoms with Gasteiger partial charge in [0.1, 0.15) is 5.75 Å². The van der Waals surface area contributed by atoms with E-state index in [1.807, 2.05) is 18.2 Å². The molecule has 2 N–H and O–H groups in total. The van der Waals surface area contributed by atoms with Gasteiger partial charge >= 0.3 is 5.24 Å².